The highest BCUT2D eigenvalue weighted by molar-refractivity contribution is 7.98. The van der Waals surface area contributed by atoms with Gasteiger partial charge in [0.2, 0.25) is 11.7 Å². The Bertz CT molecular complexity index is 1250. The molecule has 0 saturated carbocycles. The molecule has 3 aromatic rings. The van der Waals surface area contributed by atoms with E-state index in [1.807, 2.05) is 32.0 Å². The number of carbonyl (C=O) groups is 1. The second kappa shape index (κ2) is 14.5. The third-order valence-corrected chi connectivity index (χ3v) is 7.38. The molecule has 39 heavy (non-hydrogen) atoms. The Labute approximate surface area is 235 Å². The van der Waals surface area contributed by atoms with Gasteiger partial charge < -0.3 is 24.8 Å². The van der Waals surface area contributed by atoms with Crippen LogP contribution < -0.4 is 10.1 Å². The third kappa shape index (κ3) is 8.04. The van der Waals surface area contributed by atoms with Gasteiger partial charge in [0.1, 0.15) is 25.1 Å². The summed E-state index contributed by atoms with van der Waals surface area (Å²) in [6.07, 6.45) is 1.88. The van der Waals surface area contributed by atoms with E-state index < -0.39 is 18.6 Å². The number of rotatable bonds is 14. The quantitative estimate of drug-likeness (QED) is 0.252. The summed E-state index contributed by atoms with van der Waals surface area (Å²) in [5.74, 6) is 1.10. The topological polar surface area (TPSA) is 121 Å². The van der Waals surface area contributed by atoms with Crippen molar-refractivity contribution in [1.29, 1.82) is 0 Å². The number of aromatic nitrogens is 2. The van der Waals surface area contributed by atoms with Crippen LogP contribution in [0.5, 0.6) is 5.75 Å². The molecule has 0 unspecified atom stereocenters. The highest BCUT2D eigenvalue weighted by Crippen LogP contribution is 2.33. The summed E-state index contributed by atoms with van der Waals surface area (Å²) in [6, 6.07) is 10.7. The molecule has 0 fully saturated rings. The summed E-state index contributed by atoms with van der Waals surface area (Å²) in [7, 11) is 0. The van der Waals surface area contributed by atoms with Gasteiger partial charge in [0.05, 0.1) is 0 Å². The van der Waals surface area contributed by atoms with E-state index in [0.717, 1.165) is 35.3 Å². The zero-order valence-electron chi connectivity index (χ0n) is 23.7. The van der Waals surface area contributed by atoms with E-state index in [9.17, 15) is 9.90 Å². The van der Waals surface area contributed by atoms with Crippen molar-refractivity contribution in [2.75, 3.05) is 32.6 Å². The van der Waals surface area contributed by atoms with Gasteiger partial charge in [-0.2, -0.15) is 4.98 Å². The molecule has 2 aromatic carbocycles. The number of ether oxygens (including phenoxy) is 1. The number of hydrogen-bond donors (Lipinski definition) is 3. The van der Waals surface area contributed by atoms with Crippen LogP contribution in [0.4, 0.5) is 0 Å². The van der Waals surface area contributed by atoms with E-state index >= 15 is 0 Å². The highest BCUT2D eigenvalue weighted by Gasteiger charge is 2.18. The third-order valence-electron chi connectivity index (χ3n) is 6.56. The van der Waals surface area contributed by atoms with Gasteiger partial charge in [0.15, 0.2) is 0 Å². The molecular weight excluding hydrogens is 516 g/mol. The number of aliphatic hydroxyl groups is 2. The molecule has 3 rings (SSSR count). The lowest BCUT2D eigenvalue weighted by Gasteiger charge is -2.25. The number of nitrogens with one attached hydrogen (secondary N) is 1. The summed E-state index contributed by atoms with van der Waals surface area (Å²) in [4.78, 5) is 19.5. The van der Waals surface area contributed by atoms with E-state index in [1.165, 1.54) is 10.5 Å². The molecule has 1 amide bonds. The maximum Gasteiger partial charge on any atom is 0.258 e. The molecule has 212 valence electrons. The number of nitrogens with zero attached hydrogens (tertiary/aromatic N) is 3. The van der Waals surface area contributed by atoms with Crippen LogP contribution in [0.1, 0.15) is 44.4 Å². The maximum absolute atomic E-state index is 11.2. The minimum absolute atomic E-state index is 0.00254. The molecule has 0 aliphatic rings. The number of amides is 1. The average Bonchev–Trinajstić information content (AvgIpc) is 3.43. The van der Waals surface area contributed by atoms with Crippen molar-refractivity contribution >= 4 is 17.7 Å². The molecule has 1 heterocycles. The van der Waals surface area contributed by atoms with Crippen LogP contribution >= 0.6 is 11.8 Å². The van der Waals surface area contributed by atoms with Crippen LogP contribution in [0.3, 0.4) is 0 Å². The maximum atomic E-state index is 11.2. The Kier molecular flexibility index (Phi) is 11.4. The summed E-state index contributed by atoms with van der Waals surface area (Å²) in [5.41, 5.74) is 4.80. The molecule has 0 aliphatic heterocycles. The lowest BCUT2D eigenvalue weighted by Crippen LogP contribution is -2.36. The van der Waals surface area contributed by atoms with Gasteiger partial charge >= 0.3 is 0 Å². The van der Waals surface area contributed by atoms with Crippen LogP contribution in [-0.4, -0.2) is 75.9 Å². The van der Waals surface area contributed by atoms with Gasteiger partial charge in [0.25, 0.3) is 5.89 Å². The summed E-state index contributed by atoms with van der Waals surface area (Å²) in [6.45, 7) is 11.8. The molecule has 0 radical (unpaired) electrons. The lowest BCUT2D eigenvalue weighted by molar-refractivity contribution is -0.124. The minimum atomic E-state index is -0.906. The van der Waals surface area contributed by atoms with Gasteiger partial charge in [-0.25, -0.2) is 0 Å². The van der Waals surface area contributed by atoms with E-state index in [4.69, 9.17) is 19.4 Å². The van der Waals surface area contributed by atoms with Crippen molar-refractivity contribution in [2.45, 2.75) is 64.6 Å². The molecular formula is C29H40N4O5S. The van der Waals surface area contributed by atoms with E-state index in [-0.39, 0.29) is 13.2 Å². The smallest absolute Gasteiger partial charge is 0.258 e. The van der Waals surface area contributed by atoms with E-state index in [0.29, 0.717) is 29.9 Å². The number of benzene rings is 2. The molecule has 9 nitrogen and oxygen atoms in total. The molecule has 0 aliphatic carbocycles. The Balaban J connectivity index is 1.78. The SMILES string of the molecule is CCc1cc(-c2noc(-c3ccc(CN(CC)C(C)C)c(SC)c3)n2)cc(C)c1OC[C@@H](O)CNC(=O)CO. The second-order valence-corrected chi connectivity index (χ2v) is 10.5. The van der Waals surface area contributed by atoms with Crippen molar-refractivity contribution in [3.8, 4) is 28.6 Å². The highest BCUT2D eigenvalue weighted by atomic mass is 32.2. The number of aryl methyl sites for hydroxylation is 2. The fraction of sp³-hybridized carbons (Fsp3) is 0.483. The second-order valence-electron chi connectivity index (χ2n) is 9.67. The van der Waals surface area contributed by atoms with Crippen LogP contribution in [-0.2, 0) is 17.8 Å². The predicted octanol–water partition coefficient (Wildman–Crippen LogP) is 4.07. The van der Waals surface area contributed by atoms with Crippen molar-refractivity contribution in [1.82, 2.24) is 20.4 Å². The first-order valence-electron chi connectivity index (χ1n) is 13.3. The summed E-state index contributed by atoms with van der Waals surface area (Å²) < 4.78 is 11.6. The summed E-state index contributed by atoms with van der Waals surface area (Å²) >= 11 is 1.71. The fourth-order valence-electron chi connectivity index (χ4n) is 4.32. The van der Waals surface area contributed by atoms with Gasteiger partial charge in [0, 0.05) is 35.2 Å². The first kappa shape index (κ1) is 30.6. The van der Waals surface area contributed by atoms with E-state index in [2.05, 4.69) is 54.5 Å². The Hall–Kier alpha value is -2.92. The molecule has 0 bridgehead atoms. The lowest BCUT2D eigenvalue weighted by atomic mass is 10.0. The number of thioether (sulfide) groups is 1. The van der Waals surface area contributed by atoms with Crippen molar-refractivity contribution in [3.05, 3.63) is 47.0 Å². The van der Waals surface area contributed by atoms with Crippen LogP contribution in [0, 0.1) is 6.92 Å². The van der Waals surface area contributed by atoms with Gasteiger partial charge in [-0.3, -0.25) is 9.69 Å². The van der Waals surface area contributed by atoms with Crippen LogP contribution in [0.15, 0.2) is 39.8 Å². The first-order valence-corrected chi connectivity index (χ1v) is 14.5. The zero-order chi connectivity index (χ0) is 28.5. The molecule has 10 heteroatoms. The number of carbonyl (C=O) groups excluding carboxylic acids is 1. The molecule has 1 aromatic heterocycles. The van der Waals surface area contributed by atoms with Crippen molar-refractivity contribution < 1.29 is 24.3 Å². The minimum Gasteiger partial charge on any atom is -0.490 e. The summed E-state index contributed by atoms with van der Waals surface area (Å²) in [5, 5.41) is 25.6. The van der Waals surface area contributed by atoms with Crippen molar-refractivity contribution in [3.63, 3.8) is 0 Å². The van der Waals surface area contributed by atoms with Gasteiger partial charge in [-0.15, -0.1) is 11.8 Å². The van der Waals surface area contributed by atoms with Gasteiger partial charge in [-0.1, -0.05) is 25.1 Å². The molecule has 1 atom stereocenters. The van der Waals surface area contributed by atoms with Crippen molar-refractivity contribution in [2.24, 2.45) is 0 Å². The molecule has 0 saturated heterocycles. The monoisotopic (exact) mass is 556 g/mol. The number of aliphatic hydroxyl groups excluding tert-OH is 2. The predicted molar refractivity (Wildman–Crippen MR) is 154 cm³/mol. The molecule has 3 N–H and O–H groups in total. The largest absolute Gasteiger partial charge is 0.490 e. The first-order chi connectivity index (χ1) is 18.7. The average molecular weight is 557 g/mol. The van der Waals surface area contributed by atoms with Crippen LogP contribution in [0.25, 0.3) is 22.8 Å². The Morgan fingerprint density at radius 2 is 1.95 bits per heavy atom. The standard InChI is InChI=1S/C29H40N4O5S/c1-7-20-12-23(11-19(5)27(20)37-17-24(35)14-30-26(36)16-34)28-31-29(38-32-28)21-9-10-22(25(13-21)39-6)15-33(8-2)18(3)4/h9-13,18,24,34-35H,7-8,14-17H2,1-6H3,(H,30,36)/t24-/m0/s1. The number of hydrogen-bond acceptors (Lipinski definition) is 9. The fourth-order valence-corrected chi connectivity index (χ4v) is 4.96. The normalized spacial score (nSPS) is 12.3. The Morgan fingerprint density at radius 1 is 1.18 bits per heavy atom. The van der Waals surface area contributed by atoms with Gasteiger partial charge in [-0.05, 0) is 80.9 Å². The molecule has 0 spiro atoms. The van der Waals surface area contributed by atoms with Crippen LogP contribution in [0.2, 0.25) is 0 Å². The zero-order valence-corrected chi connectivity index (χ0v) is 24.5. The van der Waals surface area contributed by atoms with E-state index in [1.54, 1.807) is 11.8 Å². The Morgan fingerprint density at radius 3 is 2.59 bits per heavy atom.